The number of benzene rings is 1. The van der Waals surface area contributed by atoms with Gasteiger partial charge in [-0.05, 0) is 43.0 Å². The molecule has 3 rings (SSSR count). The zero-order chi connectivity index (χ0) is 19.1. The summed E-state index contributed by atoms with van der Waals surface area (Å²) in [6.45, 7) is 3.40. The second-order valence-electron chi connectivity index (χ2n) is 6.83. The van der Waals surface area contributed by atoms with Crippen LogP contribution in [0.2, 0.25) is 0 Å². The Kier molecular flexibility index (Phi) is 6.47. The lowest BCUT2D eigenvalue weighted by Crippen LogP contribution is -2.47. The van der Waals surface area contributed by atoms with Crippen molar-refractivity contribution in [1.29, 1.82) is 0 Å². The van der Waals surface area contributed by atoms with Gasteiger partial charge in [0.2, 0.25) is 11.8 Å². The number of nitrogens with zero attached hydrogens (tertiary/aromatic N) is 1. The number of carbonyl (C=O) groups is 2. The zero-order valence-corrected chi connectivity index (χ0v) is 15.6. The van der Waals surface area contributed by atoms with Crippen molar-refractivity contribution in [3.8, 4) is 0 Å². The highest BCUT2D eigenvalue weighted by Gasteiger charge is 2.28. The van der Waals surface area contributed by atoms with Crippen LogP contribution in [-0.4, -0.2) is 35.8 Å². The van der Waals surface area contributed by atoms with Crippen LogP contribution in [0.3, 0.4) is 0 Å². The van der Waals surface area contributed by atoms with Crippen molar-refractivity contribution in [2.24, 2.45) is 0 Å². The molecular formula is C22H26N2O3. The van der Waals surface area contributed by atoms with E-state index in [4.69, 9.17) is 4.42 Å². The number of nitrogens with one attached hydrogen (secondary N) is 1. The van der Waals surface area contributed by atoms with Gasteiger partial charge in [0.15, 0.2) is 0 Å². The van der Waals surface area contributed by atoms with Crippen LogP contribution < -0.4 is 5.32 Å². The van der Waals surface area contributed by atoms with Crippen molar-refractivity contribution in [3.05, 3.63) is 66.1 Å². The van der Waals surface area contributed by atoms with E-state index in [1.807, 2.05) is 42.2 Å². The molecule has 1 atom stereocenters. The van der Waals surface area contributed by atoms with Crippen LogP contribution >= 0.6 is 0 Å². The van der Waals surface area contributed by atoms with E-state index in [0.717, 1.165) is 24.8 Å². The fourth-order valence-corrected chi connectivity index (χ4v) is 3.50. The lowest BCUT2D eigenvalue weighted by atomic mass is 9.93. The van der Waals surface area contributed by atoms with Crippen LogP contribution in [0.25, 0.3) is 6.08 Å². The van der Waals surface area contributed by atoms with Crippen LogP contribution in [0.1, 0.15) is 43.4 Å². The number of rotatable bonds is 6. The second kappa shape index (κ2) is 9.21. The fraction of sp³-hybridized carbons (Fsp3) is 0.364. The van der Waals surface area contributed by atoms with Crippen molar-refractivity contribution in [1.82, 2.24) is 10.2 Å². The summed E-state index contributed by atoms with van der Waals surface area (Å²) in [5.41, 5.74) is 1.07. The lowest BCUT2D eigenvalue weighted by molar-refractivity contribution is -0.134. The Morgan fingerprint density at radius 3 is 2.56 bits per heavy atom. The van der Waals surface area contributed by atoms with Crippen LogP contribution in [-0.2, 0) is 9.59 Å². The molecule has 1 fully saturated rings. The molecule has 5 nitrogen and oxygen atoms in total. The standard InChI is InChI=1S/C22H26N2O3/c1-2-20(17-7-4-3-5-8-17)22(26)24-14-12-18(13-15-24)23-21(25)11-10-19-9-6-16-27-19/h3-11,16,18,20H,2,12-15H2,1H3,(H,23,25)/b11-10+. The van der Waals surface area contributed by atoms with Gasteiger partial charge in [0.1, 0.15) is 5.76 Å². The minimum atomic E-state index is -0.133. The molecule has 1 aromatic heterocycles. The molecule has 1 saturated heterocycles. The molecule has 27 heavy (non-hydrogen) atoms. The molecule has 0 radical (unpaired) electrons. The smallest absolute Gasteiger partial charge is 0.244 e. The molecule has 2 amide bonds. The highest BCUT2D eigenvalue weighted by atomic mass is 16.3. The van der Waals surface area contributed by atoms with Gasteiger partial charge in [0.25, 0.3) is 0 Å². The van der Waals surface area contributed by atoms with E-state index in [1.54, 1.807) is 24.5 Å². The summed E-state index contributed by atoms with van der Waals surface area (Å²) in [5, 5.41) is 3.01. The third kappa shape index (κ3) is 5.09. The number of hydrogen-bond acceptors (Lipinski definition) is 3. The Morgan fingerprint density at radius 2 is 1.93 bits per heavy atom. The predicted octanol–water partition coefficient (Wildman–Crippen LogP) is 3.59. The number of furan rings is 1. The van der Waals surface area contributed by atoms with E-state index in [2.05, 4.69) is 5.32 Å². The monoisotopic (exact) mass is 366 g/mol. The van der Waals surface area contributed by atoms with Crippen LogP contribution in [0.4, 0.5) is 0 Å². The van der Waals surface area contributed by atoms with Crippen molar-refractivity contribution < 1.29 is 14.0 Å². The van der Waals surface area contributed by atoms with E-state index in [-0.39, 0.29) is 23.8 Å². The molecule has 5 heteroatoms. The Bertz CT molecular complexity index is 760. The average Bonchev–Trinajstić information content (AvgIpc) is 3.22. The van der Waals surface area contributed by atoms with Gasteiger partial charge in [-0.2, -0.15) is 0 Å². The summed E-state index contributed by atoms with van der Waals surface area (Å²) in [5.74, 6) is 0.615. The molecule has 1 aliphatic rings. The third-order valence-electron chi connectivity index (χ3n) is 5.00. The topological polar surface area (TPSA) is 62.6 Å². The summed E-state index contributed by atoms with van der Waals surface area (Å²) in [4.78, 5) is 26.9. The first-order chi connectivity index (χ1) is 13.2. The Hall–Kier alpha value is -2.82. The minimum absolute atomic E-state index is 0.0893. The average molecular weight is 366 g/mol. The van der Waals surface area contributed by atoms with Crippen molar-refractivity contribution in [2.75, 3.05) is 13.1 Å². The van der Waals surface area contributed by atoms with Gasteiger partial charge in [-0.25, -0.2) is 0 Å². The normalized spacial score (nSPS) is 16.4. The van der Waals surface area contributed by atoms with E-state index < -0.39 is 0 Å². The Balaban J connectivity index is 1.49. The molecule has 1 aliphatic heterocycles. The minimum Gasteiger partial charge on any atom is -0.465 e. The van der Waals surface area contributed by atoms with E-state index in [9.17, 15) is 9.59 Å². The molecule has 2 heterocycles. The Morgan fingerprint density at radius 1 is 1.19 bits per heavy atom. The number of carbonyl (C=O) groups excluding carboxylic acids is 2. The maximum absolute atomic E-state index is 12.9. The molecule has 0 spiro atoms. The summed E-state index contributed by atoms with van der Waals surface area (Å²) in [7, 11) is 0. The predicted molar refractivity (Wildman–Crippen MR) is 105 cm³/mol. The molecular weight excluding hydrogens is 340 g/mol. The summed E-state index contributed by atoms with van der Waals surface area (Å²) in [6, 6.07) is 13.6. The van der Waals surface area contributed by atoms with Gasteiger partial charge in [0.05, 0.1) is 12.2 Å². The van der Waals surface area contributed by atoms with Gasteiger partial charge in [0, 0.05) is 25.2 Å². The first kappa shape index (κ1) is 19.0. The maximum Gasteiger partial charge on any atom is 0.244 e. The summed E-state index contributed by atoms with van der Waals surface area (Å²) in [6.07, 6.45) is 7.05. The first-order valence-electron chi connectivity index (χ1n) is 9.53. The SMILES string of the molecule is CCC(C(=O)N1CCC(NC(=O)/C=C/c2ccco2)CC1)c1ccccc1. The van der Waals surface area contributed by atoms with E-state index in [0.29, 0.717) is 18.8 Å². The molecule has 0 aliphatic carbocycles. The number of hydrogen-bond donors (Lipinski definition) is 1. The number of piperidine rings is 1. The van der Waals surface area contributed by atoms with Gasteiger partial charge in [-0.1, -0.05) is 37.3 Å². The molecule has 2 aromatic rings. The highest BCUT2D eigenvalue weighted by Crippen LogP contribution is 2.24. The fourth-order valence-electron chi connectivity index (χ4n) is 3.50. The molecule has 0 saturated carbocycles. The summed E-state index contributed by atoms with van der Waals surface area (Å²) >= 11 is 0. The lowest BCUT2D eigenvalue weighted by Gasteiger charge is -2.34. The first-order valence-corrected chi connectivity index (χ1v) is 9.53. The molecule has 1 aromatic carbocycles. The zero-order valence-electron chi connectivity index (χ0n) is 15.6. The number of amides is 2. The van der Waals surface area contributed by atoms with Gasteiger partial charge < -0.3 is 14.6 Å². The van der Waals surface area contributed by atoms with Crippen LogP contribution in [0.5, 0.6) is 0 Å². The molecule has 1 unspecified atom stereocenters. The second-order valence-corrected chi connectivity index (χ2v) is 6.83. The molecule has 0 bridgehead atoms. The van der Waals surface area contributed by atoms with Gasteiger partial charge in [-0.15, -0.1) is 0 Å². The van der Waals surface area contributed by atoms with Crippen LogP contribution in [0, 0.1) is 0 Å². The molecule has 142 valence electrons. The number of likely N-dealkylation sites (tertiary alicyclic amines) is 1. The highest BCUT2D eigenvalue weighted by molar-refractivity contribution is 5.91. The molecule has 1 N–H and O–H groups in total. The van der Waals surface area contributed by atoms with E-state index >= 15 is 0 Å². The van der Waals surface area contributed by atoms with Crippen molar-refractivity contribution in [3.63, 3.8) is 0 Å². The van der Waals surface area contributed by atoms with Crippen molar-refractivity contribution in [2.45, 2.75) is 38.1 Å². The largest absolute Gasteiger partial charge is 0.465 e. The Labute approximate surface area is 160 Å². The quantitative estimate of drug-likeness (QED) is 0.795. The third-order valence-corrected chi connectivity index (χ3v) is 5.00. The summed E-state index contributed by atoms with van der Waals surface area (Å²) < 4.78 is 5.17. The maximum atomic E-state index is 12.9. The van der Waals surface area contributed by atoms with E-state index in [1.165, 1.54) is 6.08 Å². The van der Waals surface area contributed by atoms with Crippen LogP contribution in [0.15, 0.2) is 59.2 Å². The van der Waals surface area contributed by atoms with Gasteiger partial charge in [-0.3, -0.25) is 9.59 Å². The van der Waals surface area contributed by atoms with Gasteiger partial charge >= 0.3 is 0 Å². The van der Waals surface area contributed by atoms with Crippen molar-refractivity contribution >= 4 is 17.9 Å².